The number of methoxy groups -OCH3 is 2. The fraction of sp³-hybridized carbons (Fsp3) is 0.364. The minimum Gasteiger partial charge on any atom is -0.493 e. The van der Waals surface area contributed by atoms with Crippen molar-refractivity contribution in [3.63, 3.8) is 0 Å². The maximum absolute atomic E-state index is 11.4. The van der Waals surface area contributed by atoms with E-state index in [9.17, 15) is 4.79 Å². The van der Waals surface area contributed by atoms with E-state index in [1.54, 1.807) is 25.3 Å². The number of carbonyl (C=O) groups is 1. The van der Waals surface area contributed by atoms with E-state index in [1.165, 1.54) is 7.11 Å². The Morgan fingerprint density at radius 1 is 1.22 bits per heavy atom. The predicted octanol–water partition coefficient (Wildman–Crippen LogP) is 2.69. The van der Waals surface area contributed by atoms with Gasteiger partial charge in [-0.2, -0.15) is 0 Å². The Hall–Kier alpha value is -0.840. The minimum absolute atomic E-state index is 0.229. The highest BCUT2D eigenvalue weighted by Gasteiger charge is 2.30. The van der Waals surface area contributed by atoms with E-state index in [2.05, 4.69) is 5.32 Å². The maximum Gasteiger partial charge on any atom is 0.272 e. The third-order valence-corrected chi connectivity index (χ3v) is 2.67. The van der Waals surface area contributed by atoms with Crippen LogP contribution < -0.4 is 14.8 Å². The fourth-order valence-corrected chi connectivity index (χ4v) is 1.47. The van der Waals surface area contributed by atoms with Gasteiger partial charge in [-0.15, -0.1) is 0 Å². The van der Waals surface area contributed by atoms with E-state index in [0.29, 0.717) is 11.5 Å². The monoisotopic (exact) mass is 311 g/mol. The molecule has 1 aromatic rings. The zero-order valence-corrected chi connectivity index (χ0v) is 12.1. The standard InChI is InChI=1S/C11H12Cl3NO3/c1-17-8-4-3-7(5-9(8)18-2)6-15-10(16)11(12,13)14/h3-5H,6H2,1-2H3,(H,15,16). The quantitative estimate of drug-likeness (QED) is 0.870. The summed E-state index contributed by atoms with van der Waals surface area (Å²) in [4.78, 5) is 11.4. The smallest absolute Gasteiger partial charge is 0.272 e. The Kier molecular flexibility index (Phi) is 5.38. The second-order valence-corrected chi connectivity index (χ2v) is 5.65. The number of nitrogens with one attached hydrogen (secondary N) is 1. The van der Waals surface area contributed by atoms with Crippen LogP contribution in [0, 0.1) is 0 Å². The van der Waals surface area contributed by atoms with Crippen LogP contribution in [0.1, 0.15) is 5.56 Å². The molecule has 4 nitrogen and oxygen atoms in total. The summed E-state index contributed by atoms with van der Waals surface area (Å²) in [5.74, 6) is 0.495. The minimum atomic E-state index is -1.96. The first-order valence-electron chi connectivity index (χ1n) is 4.94. The van der Waals surface area contributed by atoms with Crippen LogP contribution in [0.4, 0.5) is 0 Å². The van der Waals surface area contributed by atoms with Crippen molar-refractivity contribution in [1.82, 2.24) is 5.32 Å². The van der Waals surface area contributed by atoms with E-state index < -0.39 is 9.70 Å². The Morgan fingerprint density at radius 3 is 2.33 bits per heavy atom. The van der Waals surface area contributed by atoms with E-state index >= 15 is 0 Å². The Bertz CT molecular complexity index is 432. The van der Waals surface area contributed by atoms with Gasteiger partial charge in [0, 0.05) is 6.54 Å². The molecular formula is C11H12Cl3NO3. The molecule has 0 bridgehead atoms. The molecule has 1 aromatic carbocycles. The Balaban J connectivity index is 2.72. The van der Waals surface area contributed by atoms with Gasteiger partial charge in [0.1, 0.15) is 0 Å². The van der Waals surface area contributed by atoms with Crippen molar-refractivity contribution < 1.29 is 14.3 Å². The second kappa shape index (κ2) is 6.36. The van der Waals surface area contributed by atoms with Crippen molar-refractivity contribution in [2.45, 2.75) is 10.3 Å². The lowest BCUT2D eigenvalue weighted by Crippen LogP contribution is -2.33. The number of carbonyl (C=O) groups excluding carboxylic acids is 1. The van der Waals surface area contributed by atoms with Gasteiger partial charge in [-0.25, -0.2) is 0 Å². The van der Waals surface area contributed by atoms with Crippen LogP contribution in [0.5, 0.6) is 11.5 Å². The van der Waals surface area contributed by atoms with Crippen LogP contribution in [0.25, 0.3) is 0 Å². The molecule has 0 unspecified atom stereocenters. The van der Waals surface area contributed by atoms with Gasteiger partial charge in [0.25, 0.3) is 9.70 Å². The van der Waals surface area contributed by atoms with Crippen molar-refractivity contribution in [2.75, 3.05) is 14.2 Å². The summed E-state index contributed by atoms with van der Waals surface area (Å²) in [6.07, 6.45) is 0. The Morgan fingerprint density at radius 2 is 1.83 bits per heavy atom. The number of hydrogen-bond donors (Lipinski definition) is 1. The van der Waals surface area contributed by atoms with Gasteiger partial charge >= 0.3 is 0 Å². The molecule has 0 atom stereocenters. The lowest BCUT2D eigenvalue weighted by atomic mass is 10.2. The number of rotatable bonds is 4. The lowest BCUT2D eigenvalue weighted by molar-refractivity contribution is -0.120. The summed E-state index contributed by atoms with van der Waals surface area (Å²) < 4.78 is 8.27. The van der Waals surface area contributed by atoms with Gasteiger partial charge in [-0.3, -0.25) is 4.79 Å². The van der Waals surface area contributed by atoms with Crippen molar-refractivity contribution in [2.24, 2.45) is 0 Å². The van der Waals surface area contributed by atoms with E-state index in [0.717, 1.165) is 5.56 Å². The molecule has 0 radical (unpaired) electrons. The molecule has 0 aromatic heterocycles. The molecule has 0 saturated carbocycles. The number of halogens is 3. The highest BCUT2D eigenvalue weighted by atomic mass is 35.6. The summed E-state index contributed by atoms with van der Waals surface area (Å²) in [7, 11) is 3.07. The number of hydrogen-bond acceptors (Lipinski definition) is 3. The first-order chi connectivity index (χ1) is 8.38. The van der Waals surface area contributed by atoms with E-state index in [1.807, 2.05) is 0 Å². The summed E-state index contributed by atoms with van der Waals surface area (Å²) in [5, 5.41) is 2.50. The summed E-state index contributed by atoms with van der Waals surface area (Å²) in [5.41, 5.74) is 0.801. The average Bonchev–Trinajstić information content (AvgIpc) is 2.34. The van der Waals surface area contributed by atoms with Gasteiger partial charge in [-0.1, -0.05) is 40.9 Å². The molecule has 1 rings (SSSR count). The summed E-state index contributed by atoms with van der Waals surface area (Å²) >= 11 is 16.3. The first kappa shape index (κ1) is 15.2. The average molecular weight is 313 g/mol. The first-order valence-corrected chi connectivity index (χ1v) is 6.07. The third-order valence-electron chi connectivity index (χ3n) is 2.16. The van der Waals surface area contributed by atoms with Crippen LogP contribution in [-0.2, 0) is 11.3 Å². The molecule has 1 amide bonds. The molecular weight excluding hydrogens is 300 g/mol. The van der Waals surface area contributed by atoms with E-state index in [-0.39, 0.29) is 6.54 Å². The van der Waals surface area contributed by atoms with Crippen LogP contribution in [-0.4, -0.2) is 23.9 Å². The van der Waals surface area contributed by atoms with Gasteiger partial charge in [0.2, 0.25) is 0 Å². The van der Waals surface area contributed by atoms with E-state index in [4.69, 9.17) is 44.3 Å². The molecule has 0 aliphatic carbocycles. The van der Waals surface area contributed by atoms with Crippen LogP contribution in [0.2, 0.25) is 0 Å². The van der Waals surface area contributed by atoms with Gasteiger partial charge in [-0.05, 0) is 17.7 Å². The molecule has 0 fully saturated rings. The molecule has 1 N–H and O–H groups in total. The number of benzene rings is 1. The molecule has 18 heavy (non-hydrogen) atoms. The van der Waals surface area contributed by atoms with Crippen molar-refractivity contribution in [3.8, 4) is 11.5 Å². The molecule has 0 spiro atoms. The highest BCUT2D eigenvalue weighted by Crippen LogP contribution is 2.28. The second-order valence-electron chi connectivity index (χ2n) is 3.37. The zero-order valence-electron chi connectivity index (χ0n) is 9.80. The van der Waals surface area contributed by atoms with Crippen LogP contribution in [0.15, 0.2) is 18.2 Å². The number of ether oxygens (including phenoxy) is 2. The van der Waals surface area contributed by atoms with Crippen LogP contribution >= 0.6 is 34.8 Å². The topological polar surface area (TPSA) is 47.6 Å². The van der Waals surface area contributed by atoms with Crippen LogP contribution in [0.3, 0.4) is 0 Å². The van der Waals surface area contributed by atoms with Gasteiger partial charge in [0.15, 0.2) is 11.5 Å². The van der Waals surface area contributed by atoms with Crippen molar-refractivity contribution in [1.29, 1.82) is 0 Å². The highest BCUT2D eigenvalue weighted by molar-refractivity contribution is 6.76. The number of amides is 1. The molecule has 0 saturated heterocycles. The molecule has 0 aliphatic heterocycles. The maximum atomic E-state index is 11.4. The third kappa shape index (κ3) is 4.12. The summed E-state index contributed by atoms with van der Waals surface area (Å²) in [6, 6.07) is 5.24. The Labute approximate surface area is 120 Å². The SMILES string of the molecule is COc1ccc(CNC(=O)C(Cl)(Cl)Cl)cc1OC. The molecule has 100 valence electrons. The fourth-order valence-electron chi connectivity index (χ4n) is 1.27. The summed E-state index contributed by atoms with van der Waals surface area (Å²) in [6.45, 7) is 0.229. The molecule has 0 heterocycles. The van der Waals surface area contributed by atoms with Gasteiger partial charge in [0.05, 0.1) is 14.2 Å². The zero-order chi connectivity index (χ0) is 13.8. The molecule has 0 aliphatic rings. The normalized spacial score (nSPS) is 10.9. The van der Waals surface area contributed by atoms with Crippen molar-refractivity contribution >= 4 is 40.7 Å². The lowest BCUT2D eigenvalue weighted by Gasteiger charge is -2.13. The van der Waals surface area contributed by atoms with Crippen molar-refractivity contribution in [3.05, 3.63) is 23.8 Å². The molecule has 7 heteroatoms. The van der Waals surface area contributed by atoms with Gasteiger partial charge < -0.3 is 14.8 Å². The largest absolute Gasteiger partial charge is 0.493 e. The number of alkyl halides is 3. The predicted molar refractivity (Wildman–Crippen MR) is 71.7 cm³/mol.